The Morgan fingerprint density at radius 1 is 1.43 bits per heavy atom. The molecule has 114 valence electrons. The maximum Gasteiger partial charge on any atom is 0.263 e. The molecule has 1 aliphatic rings. The fourth-order valence-corrected chi connectivity index (χ4v) is 2.44. The number of nitrogens with zero attached hydrogens (tertiary/aromatic N) is 1. The molecule has 1 amide bonds. The first-order valence-corrected chi connectivity index (χ1v) is 7.28. The van der Waals surface area contributed by atoms with E-state index in [0.29, 0.717) is 17.9 Å². The van der Waals surface area contributed by atoms with Gasteiger partial charge in [-0.05, 0) is 32.9 Å². The average Bonchev–Trinajstić information content (AvgIpc) is 2.47. The molecular formula is C16H22N2O3. The first-order chi connectivity index (χ1) is 9.99. The molecule has 1 aromatic rings. The van der Waals surface area contributed by atoms with Crippen LogP contribution in [0.2, 0.25) is 0 Å². The van der Waals surface area contributed by atoms with E-state index in [1.807, 2.05) is 11.8 Å². The molecule has 1 saturated heterocycles. The van der Waals surface area contributed by atoms with Crippen LogP contribution in [0.25, 0.3) is 0 Å². The molecule has 1 N–H and O–H groups in total. The van der Waals surface area contributed by atoms with E-state index in [0.717, 1.165) is 13.1 Å². The van der Waals surface area contributed by atoms with Crippen molar-refractivity contribution in [2.24, 2.45) is 0 Å². The van der Waals surface area contributed by atoms with E-state index in [4.69, 9.17) is 4.74 Å². The summed E-state index contributed by atoms with van der Waals surface area (Å²) >= 11 is 0. The van der Waals surface area contributed by atoms with Gasteiger partial charge in [0.1, 0.15) is 5.75 Å². The van der Waals surface area contributed by atoms with Crippen molar-refractivity contribution < 1.29 is 14.3 Å². The number of carbonyl (C=O) groups excluding carboxylic acids is 2. The highest BCUT2D eigenvalue weighted by molar-refractivity contribution is 5.94. The number of hydrogen-bond donors (Lipinski definition) is 1. The summed E-state index contributed by atoms with van der Waals surface area (Å²) in [5, 5.41) is 3.26. The average molecular weight is 290 g/mol. The van der Waals surface area contributed by atoms with Crippen LogP contribution in [0.15, 0.2) is 24.3 Å². The third kappa shape index (κ3) is 3.82. The highest BCUT2D eigenvalue weighted by atomic mass is 16.5. The fraction of sp³-hybridized carbons (Fsp3) is 0.500. The number of carbonyl (C=O) groups is 2. The summed E-state index contributed by atoms with van der Waals surface area (Å²) < 4.78 is 5.70. The molecule has 0 bridgehead atoms. The van der Waals surface area contributed by atoms with Gasteiger partial charge in [-0.3, -0.25) is 9.59 Å². The molecule has 1 heterocycles. The van der Waals surface area contributed by atoms with Crippen LogP contribution in [0.3, 0.4) is 0 Å². The highest BCUT2D eigenvalue weighted by Crippen LogP contribution is 2.17. The molecule has 0 saturated carbocycles. The summed E-state index contributed by atoms with van der Waals surface area (Å²) in [6.45, 7) is 7.59. The summed E-state index contributed by atoms with van der Waals surface area (Å²) in [5.41, 5.74) is 0.586. The van der Waals surface area contributed by atoms with Gasteiger partial charge in [-0.2, -0.15) is 0 Å². The summed E-state index contributed by atoms with van der Waals surface area (Å²) in [6.07, 6.45) is -0.562. The van der Waals surface area contributed by atoms with Crippen LogP contribution in [0.1, 0.15) is 31.1 Å². The SMILES string of the molecule is CC(=O)c1cccc(OC(C)C(=O)N2CCNC[C@H]2C)c1. The third-order valence-electron chi connectivity index (χ3n) is 3.69. The van der Waals surface area contributed by atoms with E-state index in [9.17, 15) is 9.59 Å². The van der Waals surface area contributed by atoms with Gasteiger partial charge in [0.2, 0.25) is 0 Å². The van der Waals surface area contributed by atoms with Crippen molar-refractivity contribution in [3.8, 4) is 5.75 Å². The van der Waals surface area contributed by atoms with Crippen LogP contribution in [-0.4, -0.2) is 48.4 Å². The summed E-state index contributed by atoms with van der Waals surface area (Å²) in [6, 6.07) is 7.10. The topological polar surface area (TPSA) is 58.6 Å². The molecule has 21 heavy (non-hydrogen) atoms. The molecular weight excluding hydrogens is 268 g/mol. The molecule has 1 unspecified atom stereocenters. The van der Waals surface area contributed by atoms with Crippen molar-refractivity contribution in [1.82, 2.24) is 10.2 Å². The van der Waals surface area contributed by atoms with Gasteiger partial charge in [0.05, 0.1) is 0 Å². The molecule has 0 aromatic heterocycles. The van der Waals surface area contributed by atoms with E-state index in [1.54, 1.807) is 31.2 Å². The fourth-order valence-electron chi connectivity index (χ4n) is 2.44. The first kappa shape index (κ1) is 15.5. The zero-order valence-corrected chi connectivity index (χ0v) is 12.8. The highest BCUT2D eigenvalue weighted by Gasteiger charge is 2.27. The molecule has 5 heteroatoms. The van der Waals surface area contributed by atoms with E-state index in [-0.39, 0.29) is 17.7 Å². The Bertz CT molecular complexity index is 530. The maximum atomic E-state index is 12.4. The van der Waals surface area contributed by atoms with Gasteiger partial charge in [0.15, 0.2) is 11.9 Å². The second-order valence-electron chi connectivity index (χ2n) is 5.43. The van der Waals surface area contributed by atoms with Crippen molar-refractivity contribution in [3.05, 3.63) is 29.8 Å². The van der Waals surface area contributed by atoms with Gasteiger partial charge in [-0.25, -0.2) is 0 Å². The second-order valence-corrected chi connectivity index (χ2v) is 5.43. The molecule has 1 fully saturated rings. The van der Waals surface area contributed by atoms with Crippen LogP contribution < -0.4 is 10.1 Å². The zero-order chi connectivity index (χ0) is 15.4. The lowest BCUT2D eigenvalue weighted by Gasteiger charge is -2.35. The van der Waals surface area contributed by atoms with Gasteiger partial charge >= 0.3 is 0 Å². The van der Waals surface area contributed by atoms with Crippen molar-refractivity contribution in [2.75, 3.05) is 19.6 Å². The third-order valence-corrected chi connectivity index (χ3v) is 3.69. The number of rotatable bonds is 4. The Morgan fingerprint density at radius 2 is 2.19 bits per heavy atom. The molecule has 0 radical (unpaired) electrons. The van der Waals surface area contributed by atoms with Crippen LogP contribution >= 0.6 is 0 Å². The minimum Gasteiger partial charge on any atom is -0.481 e. The maximum absolute atomic E-state index is 12.4. The van der Waals surface area contributed by atoms with Crippen LogP contribution in [0.5, 0.6) is 5.75 Å². The number of hydrogen-bond acceptors (Lipinski definition) is 4. The van der Waals surface area contributed by atoms with Crippen molar-refractivity contribution in [3.63, 3.8) is 0 Å². The van der Waals surface area contributed by atoms with Crippen molar-refractivity contribution in [1.29, 1.82) is 0 Å². The lowest BCUT2D eigenvalue weighted by atomic mass is 10.1. The van der Waals surface area contributed by atoms with E-state index >= 15 is 0 Å². The Kier molecular flexibility index (Phi) is 4.96. The predicted octanol–water partition coefficient (Wildman–Crippen LogP) is 1.48. The normalized spacial score (nSPS) is 20.0. The molecule has 5 nitrogen and oxygen atoms in total. The van der Waals surface area contributed by atoms with Gasteiger partial charge in [0, 0.05) is 31.2 Å². The number of ketones is 1. The molecule has 0 aliphatic carbocycles. The van der Waals surface area contributed by atoms with Crippen molar-refractivity contribution >= 4 is 11.7 Å². The smallest absolute Gasteiger partial charge is 0.263 e. The predicted molar refractivity (Wildman–Crippen MR) is 80.6 cm³/mol. The van der Waals surface area contributed by atoms with Gasteiger partial charge < -0.3 is 15.0 Å². The minimum absolute atomic E-state index is 0.0165. The second kappa shape index (κ2) is 6.72. The van der Waals surface area contributed by atoms with E-state index in [1.165, 1.54) is 6.92 Å². The Labute approximate surface area is 125 Å². The largest absolute Gasteiger partial charge is 0.481 e. The summed E-state index contributed by atoms with van der Waals surface area (Å²) in [7, 11) is 0. The number of Topliss-reactive ketones (excluding diaryl/α,β-unsaturated/α-hetero) is 1. The number of nitrogens with one attached hydrogen (secondary N) is 1. The molecule has 1 aromatic carbocycles. The molecule has 2 atom stereocenters. The zero-order valence-electron chi connectivity index (χ0n) is 12.8. The van der Waals surface area contributed by atoms with Crippen LogP contribution in [-0.2, 0) is 4.79 Å². The van der Waals surface area contributed by atoms with Gasteiger partial charge in [0.25, 0.3) is 5.91 Å². The van der Waals surface area contributed by atoms with Crippen LogP contribution in [0.4, 0.5) is 0 Å². The quantitative estimate of drug-likeness (QED) is 0.853. The minimum atomic E-state index is -0.562. The number of ether oxygens (including phenoxy) is 1. The Hall–Kier alpha value is -1.88. The van der Waals surface area contributed by atoms with E-state index in [2.05, 4.69) is 5.32 Å². The lowest BCUT2D eigenvalue weighted by Crippen LogP contribution is -2.55. The Balaban J connectivity index is 2.03. The standard InChI is InChI=1S/C16H22N2O3/c1-11-10-17-7-8-18(11)16(20)13(3)21-15-6-4-5-14(9-15)12(2)19/h4-6,9,11,13,17H,7-8,10H2,1-3H3/t11-,13?/m1/s1. The summed E-state index contributed by atoms with van der Waals surface area (Å²) in [5.74, 6) is 0.513. The van der Waals surface area contributed by atoms with Gasteiger partial charge in [-0.15, -0.1) is 0 Å². The summed E-state index contributed by atoms with van der Waals surface area (Å²) in [4.78, 5) is 25.7. The lowest BCUT2D eigenvalue weighted by molar-refractivity contribution is -0.140. The monoisotopic (exact) mass is 290 g/mol. The molecule has 1 aliphatic heterocycles. The van der Waals surface area contributed by atoms with Gasteiger partial charge in [-0.1, -0.05) is 12.1 Å². The van der Waals surface area contributed by atoms with Crippen LogP contribution in [0, 0.1) is 0 Å². The number of amides is 1. The molecule has 2 rings (SSSR count). The number of piperazine rings is 1. The van der Waals surface area contributed by atoms with E-state index < -0.39 is 6.10 Å². The molecule has 0 spiro atoms. The number of benzene rings is 1. The van der Waals surface area contributed by atoms with Crippen molar-refractivity contribution in [2.45, 2.75) is 32.9 Å². The Morgan fingerprint density at radius 3 is 2.86 bits per heavy atom. The first-order valence-electron chi connectivity index (χ1n) is 7.28.